The van der Waals surface area contributed by atoms with Crippen molar-refractivity contribution in [2.45, 2.75) is 5.33 Å². The van der Waals surface area contributed by atoms with E-state index in [1.165, 1.54) is 12.5 Å². The third-order valence-corrected chi connectivity index (χ3v) is 3.12. The molecule has 2 aromatic rings. The first-order valence-electron chi connectivity index (χ1n) is 4.16. The van der Waals surface area contributed by atoms with Crippen molar-refractivity contribution >= 4 is 31.9 Å². The first-order chi connectivity index (χ1) is 7.22. The van der Waals surface area contributed by atoms with E-state index in [0.29, 0.717) is 21.1 Å². The third-order valence-electron chi connectivity index (χ3n) is 1.95. The average Bonchev–Trinajstić information content (AvgIpc) is 2.70. The molecule has 0 N–H and O–H groups in total. The van der Waals surface area contributed by atoms with Crippen molar-refractivity contribution in [2.75, 3.05) is 0 Å². The van der Waals surface area contributed by atoms with Gasteiger partial charge < -0.3 is 4.42 Å². The minimum Gasteiger partial charge on any atom is -0.443 e. The number of hydrogen-bond acceptors (Lipinski definition) is 2. The van der Waals surface area contributed by atoms with Crippen LogP contribution in [0.15, 0.2) is 33.5 Å². The Morgan fingerprint density at radius 2 is 2.20 bits per heavy atom. The molecule has 0 aliphatic rings. The highest BCUT2D eigenvalue weighted by atomic mass is 79.9. The number of oxazole rings is 1. The van der Waals surface area contributed by atoms with Gasteiger partial charge in [-0.05, 0) is 34.1 Å². The largest absolute Gasteiger partial charge is 0.443 e. The van der Waals surface area contributed by atoms with Crippen LogP contribution in [0.5, 0.6) is 0 Å². The van der Waals surface area contributed by atoms with Gasteiger partial charge in [0.05, 0.1) is 10.2 Å². The summed E-state index contributed by atoms with van der Waals surface area (Å²) < 4.78 is 18.9. The van der Waals surface area contributed by atoms with Gasteiger partial charge >= 0.3 is 0 Å². The zero-order valence-corrected chi connectivity index (χ0v) is 10.7. The average molecular weight is 335 g/mol. The van der Waals surface area contributed by atoms with Gasteiger partial charge in [-0.2, -0.15) is 0 Å². The SMILES string of the molecule is Fc1cc(-c2ocnc2CBr)ccc1Br. The summed E-state index contributed by atoms with van der Waals surface area (Å²) in [5.74, 6) is 0.280. The molecule has 0 radical (unpaired) electrons. The van der Waals surface area contributed by atoms with Crippen LogP contribution in [0.2, 0.25) is 0 Å². The van der Waals surface area contributed by atoms with E-state index in [4.69, 9.17) is 4.42 Å². The van der Waals surface area contributed by atoms with E-state index in [9.17, 15) is 4.39 Å². The molecule has 5 heteroatoms. The lowest BCUT2D eigenvalue weighted by molar-refractivity contribution is 0.569. The molecule has 1 heterocycles. The summed E-state index contributed by atoms with van der Waals surface area (Å²) in [7, 11) is 0. The van der Waals surface area contributed by atoms with E-state index < -0.39 is 0 Å². The van der Waals surface area contributed by atoms with Gasteiger partial charge in [0, 0.05) is 10.9 Å². The molecule has 0 bridgehead atoms. The number of hydrogen-bond donors (Lipinski definition) is 0. The summed E-state index contributed by atoms with van der Waals surface area (Å²) >= 11 is 6.39. The number of halogens is 3. The topological polar surface area (TPSA) is 26.0 Å². The van der Waals surface area contributed by atoms with Crippen LogP contribution < -0.4 is 0 Å². The number of alkyl halides is 1. The van der Waals surface area contributed by atoms with Gasteiger partial charge in [0.1, 0.15) is 5.82 Å². The standard InChI is InChI=1S/C10H6Br2FNO/c11-4-9-10(15-5-14-9)6-1-2-7(12)8(13)3-6/h1-3,5H,4H2. The number of benzene rings is 1. The van der Waals surface area contributed by atoms with E-state index >= 15 is 0 Å². The number of aromatic nitrogens is 1. The fraction of sp³-hybridized carbons (Fsp3) is 0.100. The Kier molecular flexibility index (Phi) is 3.21. The highest BCUT2D eigenvalue weighted by Crippen LogP contribution is 2.27. The summed E-state index contributed by atoms with van der Waals surface area (Å²) in [6, 6.07) is 4.84. The molecule has 2 nitrogen and oxygen atoms in total. The highest BCUT2D eigenvalue weighted by Gasteiger charge is 2.11. The maximum absolute atomic E-state index is 13.3. The smallest absolute Gasteiger partial charge is 0.181 e. The molecule has 1 aromatic heterocycles. The van der Waals surface area contributed by atoms with Crippen LogP contribution in [0.4, 0.5) is 4.39 Å². The Hall–Kier alpha value is -0.680. The number of nitrogens with zero attached hydrogens (tertiary/aromatic N) is 1. The summed E-state index contributed by atoms with van der Waals surface area (Å²) in [6.45, 7) is 0. The molecule has 0 saturated heterocycles. The molecule has 0 fully saturated rings. The fourth-order valence-corrected chi connectivity index (χ4v) is 1.88. The van der Waals surface area contributed by atoms with Crippen LogP contribution in [0, 0.1) is 5.82 Å². The predicted molar refractivity (Wildman–Crippen MR) is 62.2 cm³/mol. The molecule has 78 valence electrons. The Labute approximate surface area is 103 Å². The van der Waals surface area contributed by atoms with Gasteiger partial charge in [0.25, 0.3) is 0 Å². The van der Waals surface area contributed by atoms with Crippen LogP contribution in [0.3, 0.4) is 0 Å². The first-order valence-corrected chi connectivity index (χ1v) is 6.07. The maximum atomic E-state index is 13.3. The second-order valence-electron chi connectivity index (χ2n) is 2.89. The highest BCUT2D eigenvalue weighted by molar-refractivity contribution is 9.10. The second-order valence-corrected chi connectivity index (χ2v) is 4.31. The zero-order valence-electron chi connectivity index (χ0n) is 7.51. The summed E-state index contributed by atoms with van der Waals surface area (Å²) in [4.78, 5) is 4.02. The van der Waals surface area contributed by atoms with Crippen molar-refractivity contribution < 1.29 is 8.81 Å². The van der Waals surface area contributed by atoms with Crippen LogP contribution in [0.1, 0.15) is 5.69 Å². The van der Waals surface area contributed by atoms with Crippen LogP contribution in [-0.4, -0.2) is 4.98 Å². The second kappa shape index (κ2) is 4.45. The van der Waals surface area contributed by atoms with Crippen molar-refractivity contribution in [3.8, 4) is 11.3 Å². The maximum Gasteiger partial charge on any atom is 0.181 e. The molecule has 0 atom stereocenters. The Morgan fingerprint density at radius 1 is 1.40 bits per heavy atom. The minimum absolute atomic E-state index is 0.315. The molecule has 0 aliphatic heterocycles. The molecule has 0 aliphatic carbocycles. The Morgan fingerprint density at radius 3 is 2.87 bits per heavy atom. The van der Waals surface area contributed by atoms with E-state index in [0.717, 1.165) is 5.69 Å². The lowest BCUT2D eigenvalue weighted by Crippen LogP contribution is -1.84. The molecule has 15 heavy (non-hydrogen) atoms. The van der Waals surface area contributed by atoms with Crippen molar-refractivity contribution in [3.63, 3.8) is 0 Å². The van der Waals surface area contributed by atoms with E-state index in [2.05, 4.69) is 36.8 Å². The molecule has 0 amide bonds. The normalized spacial score (nSPS) is 10.6. The number of rotatable bonds is 2. The molecule has 2 rings (SSSR count). The Bertz CT molecular complexity index is 484. The lowest BCUT2D eigenvalue weighted by atomic mass is 10.1. The quantitative estimate of drug-likeness (QED) is 0.771. The summed E-state index contributed by atoms with van der Waals surface area (Å²) in [5.41, 5.74) is 1.44. The molecule has 1 aromatic carbocycles. The van der Waals surface area contributed by atoms with Gasteiger partial charge in [0.15, 0.2) is 12.2 Å². The van der Waals surface area contributed by atoms with Gasteiger partial charge in [0.2, 0.25) is 0 Å². The van der Waals surface area contributed by atoms with Gasteiger partial charge in [-0.25, -0.2) is 9.37 Å². The van der Waals surface area contributed by atoms with Gasteiger partial charge in [-0.15, -0.1) is 0 Å². The van der Waals surface area contributed by atoms with Crippen molar-refractivity contribution in [2.24, 2.45) is 0 Å². The van der Waals surface area contributed by atoms with Crippen molar-refractivity contribution in [3.05, 3.63) is 40.6 Å². The van der Waals surface area contributed by atoms with Gasteiger partial charge in [-0.3, -0.25) is 0 Å². The Balaban J connectivity index is 2.50. The first kappa shape index (κ1) is 10.8. The van der Waals surface area contributed by atoms with Crippen LogP contribution >= 0.6 is 31.9 Å². The van der Waals surface area contributed by atoms with E-state index in [1.807, 2.05) is 0 Å². The molecule has 0 spiro atoms. The van der Waals surface area contributed by atoms with Gasteiger partial charge in [-0.1, -0.05) is 15.9 Å². The third kappa shape index (κ3) is 2.13. The molecule has 0 unspecified atom stereocenters. The molecular weight excluding hydrogens is 329 g/mol. The van der Waals surface area contributed by atoms with Crippen molar-refractivity contribution in [1.29, 1.82) is 0 Å². The van der Waals surface area contributed by atoms with Crippen LogP contribution in [-0.2, 0) is 5.33 Å². The molecular formula is C10H6Br2FNO. The zero-order chi connectivity index (χ0) is 10.8. The van der Waals surface area contributed by atoms with Crippen LogP contribution in [0.25, 0.3) is 11.3 Å². The van der Waals surface area contributed by atoms with Crippen molar-refractivity contribution in [1.82, 2.24) is 4.98 Å². The van der Waals surface area contributed by atoms with E-state index in [-0.39, 0.29) is 5.82 Å². The monoisotopic (exact) mass is 333 g/mol. The lowest BCUT2D eigenvalue weighted by Gasteiger charge is -2.00. The predicted octanol–water partition coefficient (Wildman–Crippen LogP) is 4.14. The fourth-order valence-electron chi connectivity index (χ4n) is 1.24. The minimum atomic E-state index is -0.315. The van der Waals surface area contributed by atoms with E-state index in [1.54, 1.807) is 12.1 Å². The summed E-state index contributed by atoms with van der Waals surface area (Å²) in [5, 5.41) is 0.580. The molecule has 0 saturated carbocycles. The summed E-state index contributed by atoms with van der Waals surface area (Å²) in [6.07, 6.45) is 1.35.